The van der Waals surface area contributed by atoms with Crippen molar-refractivity contribution < 1.29 is 18.3 Å². The lowest BCUT2D eigenvalue weighted by molar-refractivity contribution is -0.0503. The van der Waals surface area contributed by atoms with E-state index >= 15 is 0 Å². The number of pyridine rings is 1. The number of ether oxygens (including phenoxy) is 1. The van der Waals surface area contributed by atoms with E-state index in [1.54, 1.807) is 0 Å². The Bertz CT molecular complexity index is 319. The number of hydrogen-bond donors (Lipinski definition) is 0. The molecular formula is C7H4BrF2NO2. The van der Waals surface area contributed by atoms with Crippen molar-refractivity contribution in [3.8, 4) is 5.75 Å². The van der Waals surface area contributed by atoms with E-state index in [-0.39, 0.29) is 11.4 Å². The molecule has 0 saturated heterocycles. The molecule has 6 heteroatoms. The fraction of sp³-hybridized carbons (Fsp3) is 0.143. The van der Waals surface area contributed by atoms with E-state index in [0.29, 0.717) is 10.8 Å². The summed E-state index contributed by atoms with van der Waals surface area (Å²) in [5.41, 5.74) is -0.150. The molecule has 0 aliphatic heterocycles. The summed E-state index contributed by atoms with van der Waals surface area (Å²) in [5.74, 6) is -0.237. The van der Waals surface area contributed by atoms with E-state index in [4.69, 9.17) is 0 Å². The highest BCUT2D eigenvalue weighted by molar-refractivity contribution is 9.10. The quantitative estimate of drug-likeness (QED) is 0.774. The average Bonchev–Trinajstić information content (AvgIpc) is 2.03. The molecule has 1 rings (SSSR count). The molecule has 0 N–H and O–H groups in total. The van der Waals surface area contributed by atoms with Gasteiger partial charge in [0.05, 0.1) is 0 Å². The summed E-state index contributed by atoms with van der Waals surface area (Å²) in [6.07, 6.45) is 1.67. The van der Waals surface area contributed by atoms with E-state index in [1.165, 1.54) is 12.3 Å². The van der Waals surface area contributed by atoms with Gasteiger partial charge in [-0.05, 0) is 22.0 Å². The molecule has 0 atom stereocenters. The van der Waals surface area contributed by atoms with Crippen molar-refractivity contribution in [2.75, 3.05) is 0 Å². The van der Waals surface area contributed by atoms with E-state index in [0.717, 1.165) is 0 Å². The van der Waals surface area contributed by atoms with Crippen LogP contribution in [-0.4, -0.2) is 17.9 Å². The van der Waals surface area contributed by atoms with Crippen LogP contribution in [0.15, 0.2) is 16.7 Å². The molecule has 13 heavy (non-hydrogen) atoms. The Morgan fingerprint density at radius 3 is 2.85 bits per heavy atom. The first kappa shape index (κ1) is 10.0. The van der Waals surface area contributed by atoms with Crippen LogP contribution in [0.2, 0.25) is 0 Å². The SMILES string of the molecule is O=Cc1ncc(Br)cc1OC(F)F. The van der Waals surface area contributed by atoms with Crippen LogP contribution in [0.5, 0.6) is 5.75 Å². The van der Waals surface area contributed by atoms with Crippen molar-refractivity contribution in [1.82, 2.24) is 4.98 Å². The fourth-order valence-electron chi connectivity index (χ4n) is 0.710. The number of aldehydes is 1. The van der Waals surface area contributed by atoms with Gasteiger partial charge in [0.25, 0.3) is 0 Å². The summed E-state index contributed by atoms with van der Waals surface area (Å²) < 4.78 is 28.1. The molecule has 0 bridgehead atoms. The first-order valence-electron chi connectivity index (χ1n) is 3.19. The molecule has 0 fully saturated rings. The summed E-state index contributed by atoms with van der Waals surface area (Å²) in [4.78, 5) is 13.9. The summed E-state index contributed by atoms with van der Waals surface area (Å²) in [6, 6.07) is 1.25. The molecule has 1 aromatic rings. The maximum atomic E-state index is 11.8. The smallest absolute Gasteiger partial charge is 0.387 e. The van der Waals surface area contributed by atoms with Crippen LogP contribution in [0.1, 0.15) is 10.5 Å². The van der Waals surface area contributed by atoms with Gasteiger partial charge in [-0.2, -0.15) is 8.78 Å². The minimum absolute atomic E-state index is 0.150. The third-order valence-electron chi connectivity index (χ3n) is 1.18. The van der Waals surface area contributed by atoms with Gasteiger partial charge in [-0.3, -0.25) is 4.79 Å². The second kappa shape index (κ2) is 4.27. The Labute approximate surface area is 80.9 Å². The number of carbonyl (C=O) groups excluding carboxylic acids is 1. The average molecular weight is 252 g/mol. The van der Waals surface area contributed by atoms with Crippen LogP contribution < -0.4 is 4.74 Å². The predicted molar refractivity (Wildman–Crippen MR) is 44.0 cm³/mol. The molecule has 0 aromatic carbocycles. The zero-order valence-electron chi connectivity index (χ0n) is 6.21. The number of aromatic nitrogens is 1. The number of carbonyl (C=O) groups is 1. The number of rotatable bonds is 3. The maximum Gasteiger partial charge on any atom is 0.387 e. The molecule has 0 radical (unpaired) electrons. The standard InChI is InChI=1S/C7H4BrF2NO2/c8-4-1-6(13-7(9)10)5(3-12)11-2-4/h1-3,7H. The summed E-state index contributed by atoms with van der Waals surface area (Å²) in [6.45, 7) is -2.96. The molecule has 70 valence electrons. The monoisotopic (exact) mass is 251 g/mol. The van der Waals surface area contributed by atoms with Crippen LogP contribution in [0.25, 0.3) is 0 Å². The van der Waals surface area contributed by atoms with Crippen molar-refractivity contribution in [2.45, 2.75) is 6.61 Å². The summed E-state index contributed by atoms with van der Waals surface area (Å²) in [5, 5.41) is 0. The minimum Gasteiger partial charge on any atom is -0.432 e. The molecule has 0 aliphatic carbocycles. The zero-order chi connectivity index (χ0) is 9.84. The first-order valence-corrected chi connectivity index (χ1v) is 3.98. The molecule has 1 heterocycles. The highest BCUT2D eigenvalue weighted by atomic mass is 79.9. The van der Waals surface area contributed by atoms with Crippen molar-refractivity contribution in [3.05, 3.63) is 22.4 Å². The first-order chi connectivity index (χ1) is 6.13. The molecular weight excluding hydrogens is 248 g/mol. The number of nitrogens with zero attached hydrogens (tertiary/aromatic N) is 1. The third-order valence-corrected chi connectivity index (χ3v) is 1.61. The van der Waals surface area contributed by atoms with E-state index in [1.807, 2.05) is 0 Å². The van der Waals surface area contributed by atoms with Crippen molar-refractivity contribution in [2.24, 2.45) is 0 Å². The highest BCUT2D eigenvalue weighted by Gasteiger charge is 2.10. The summed E-state index contributed by atoms with van der Waals surface area (Å²) in [7, 11) is 0. The maximum absolute atomic E-state index is 11.8. The molecule has 1 aromatic heterocycles. The van der Waals surface area contributed by atoms with Gasteiger partial charge in [0.2, 0.25) is 0 Å². The Morgan fingerprint density at radius 2 is 2.31 bits per heavy atom. The zero-order valence-corrected chi connectivity index (χ0v) is 7.79. The lowest BCUT2D eigenvalue weighted by Gasteiger charge is -2.05. The van der Waals surface area contributed by atoms with Gasteiger partial charge >= 0.3 is 6.61 Å². The topological polar surface area (TPSA) is 39.2 Å². The Morgan fingerprint density at radius 1 is 1.62 bits per heavy atom. The van der Waals surface area contributed by atoms with Gasteiger partial charge in [-0.25, -0.2) is 4.98 Å². The number of halogens is 3. The number of alkyl halides is 2. The Hall–Kier alpha value is -1.04. The predicted octanol–water partition coefficient (Wildman–Crippen LogP) is 2.26. The van der Waals surface area contributed by atoms with Gasteiger partial charge in [0.15, 0.2) is 12.0 Å². The fourth-order valence-corrected chi connectivity index (χ4v) is 1.02. The van der Waals surface area contributed by atoms with Gasteiger partial charge in [0, 0.05) is 10.7 Å². The van der Waals surface area contributed by atoms with Gasteiger partial charge in [-0.15, -0.1) is 0 Å². The van der Waals surface area contributed by atoms with E-state index in [9.17, 15) is 13.6 Å². The minimum atomic E-state index is -2.96. The molecule has 3 nitrogen and oxygen atoms in total. The van der Waals surface area contributed by atoms with Crippen LogP contribution in [0.3, 0.4) is 0 Å². The van der Waals surface area contributed by atoms with Gasteiger partial charge in [-0.1, -0.05) is 0 Å². The normalized spacial score (nSPS) is 10.2. The third kappa shape index (κ3) is 2.73. The van der Waals surface area contributed by atoms with Gasteiger partial charge < -0.3 is 4.74 Å². The highest BCUT2D eigenvalue weighted by Crippen LogP contribution is 2.21. The Balaban J connectivity index is 3.01. The van der Waals surface area contributed by atoms with E-state index < -0.39 is 6.61 Å². The molecule has 0 aliphatic rings. The second-order valence-corrected chi connectivity index (χ2v) is 2.95. The Kier molecular flexibility index (Phi) is 3.30. The van der Waals surface area contributed by atoms with Gasteiger partial charge in [0.1, 0.15) is 5.69 Å². The van der Waals surface area contributed by atoms with Crippen LogP contribution in [0.4, 0.5) is 8.78 Å². The molecule has 0 amide bonds. The lowest BCUT2D eigenvalue weighted by Crippen LogP contribution is -2.05. The second-order valence-electron chi connectivity index (χ2n) is 2.03. The van der Waals surface area contributed by atoms with Crippen LogP contribution >= 0.6 is 15.9 Å². The van der Waals surface area contributed by atoms with Crippen LogP contribution in [0, 0.1) is 0 Å². The molecule has 0 saturated carbocycles. The van der Waals surface area contributed by atoms with Crippen molar-refractivity contribution in [1.29, 1.82) is 0 Å². The molecule has 0 unspecified atom stereocenters. The number of hydrogen-bond acceptors (Lipinski definition) is 3. The summed E-state index contributed by atoms with van der Waals surface area (Å²) >= 11 is 3.01. The van der Waals surface area contributed by atoms with Crippen molar-refractivity contribution >= 4 is 22.2 Å². The van der Waals surface area contributed by atoms with E-state index in [2.05, 4.69) is 25.7 Å². The largest absolute Gasteiger partial charge is 0.432 e. The van der Waals surface area contributed by atoms with Crippen LogP contribution in [-0.2, 0) is 0 Å². The molecule has 0 spiro atoms. The van der Waals surface area contributed by atoms with Crippen molar-refractivity contribution in [3.63, 3.8) is 0 Å². The lowest BCUT2D eigenvalue weighted by atomic mass is 10.3.